The number of hydrogen-bond acceptors (Lipinski definition) is 3. The van der Waals surface area contributed by atoms with Crippen LogP contribution in [0.4, 0.5) is 0 Å². The number of rotatable bonds is 4. The summed E-state index contributed by atoms with van der Waals surface area (Å²) < 4.78 is 6.62. The van der Waals surface area contributed by atoms with Gasteiger partial charge in [-0.3, -0.25) is 9.69 Å². The van der Waals surface area contributed by atoms with Crippen molar-refractivity contribution in [1.82, 2.24) is 9.80 Å². The van der Waals surface area contributed by atoms with Crippen molar-refractivity contribution in [1.29, 1.82) is 0 Å². The molecule has 0 unspecified atom stereocenters. The second-order valence-electron chi connectivity index (χ2n) is 7.08. The smallest absolute Gasteiger partial charge is 0.260 e. The van der Waals surface area contributed by atoms with Gasteiger partial charge < -0.3 is 9.64 Å². The number of amides is 1. The molecule has 1 heterocycles. The van der Waals surface area contributed by atoms with E-state index in [1.807, 2.05) is 29.2 Å². The zero-order chi connectivity index (χ0) is 16.9. The van der Waals surface area contributed by atoms with Gasteiger partial charge in [-0.1, -0.05) is 35.7 Å². The highest BCUT2D eigenvalue weighted by Crippen LogP contribution is 2.28. The Labute approximate surface area is 153 Å². The van der Waals surface area contributed by atoms with Gasteiger partial charge in [0.15, 0.2) is 6.61 Å². The van der Waals surface area contributed by atoms with Crippen molar-refractivity contribution in [2.45, 2.75) is 38.6 Å². The van der Waals surface area contributed by atoms with Crippen molar-refractivity contribution in [2.75, 3.05) is 32.8 Å². The maximum atomic E-state index is 12.3. The zero-order valence-corrected chi connectivity index (χ0v) is 16.0. The van der Waals surface area contributed by atoms with E-state index in [0.29, 0.717) is 0 Å². The molecule has 1 aliphatic carbocycles. The van der Waals surface area contributed by atoms with Crippen LogP contribution in [0.25, 0.3) is 0 Å². The molecular weight excluding hydrogens is 368 g/mol. The van der Waals surface area contributed by atoms with Crippen LogP contribution in [0.15, 0.2) is 28.7 Å². The summed E-state index contributed by atoms with van der Waals surface area (Å²) in [5, 5.41) is 0. The summed E-state index contributed by atoms with van der Waals surface area (Å²) in [6.45, 7) is 6.15. The van der Waals surface area contributed by atoms with Gasteiger partial charge in [0.2, 0.25) is 0 Å². The number of nitrogens with zero attached hydrogens (tertiary/aromatic N) is 2. The van der Waals surface area contributed by atoms with Crippen LogP contribution in [-0.4, -0.2) is 54.5 Å². The molecule has 4 nitrogen and oxygen atoms in total. The summed E-state index contributed by atoms with van der Waals surface area (Å²) in [6, 6.07) is 8.32. The van der Waals surface area contributed by atoms with Crippen molar-refractivity contribution >= 4 is 21.8 Å². The monoisotopic (exact) mass is 394 g/mol. The van der Waals surface area contributed by atoms with E-state index in [-0.39, 0.29) is 12.5 Å². The van der Waals surface area contributed by atoms with Crippen LogP contribution in [-0.2, 0) is 4.79 Å². The Balaban J connectivity index is 1.42. The third-order valence-electron chi connectivity index (χ3n) is 5.27. The molecule has 0 aromatic heterocycles. The van der Waals surface area contributed by atoms with Crippen molar-refractivity contribution in [3.05, 3.63) is 28.7 Å². The summed E-state index contributed by atoms with van der Waals surface area (Å²) in [4.78, 5) is 16.9. The van der Waals surface area contributed by atoms with Gasteiger partial charge in [-0.25, -0.2) is 0 Å². The zero-order valence-electron chi connectivity index (χ0n) is 14.4. The maximum Gasteiger partial charge on any atom is 0.260 e. The number of carbonyl (C=O) groups excluding carboxylic acids is 1. The largest absolute Gasteiger partial charge is 0.484 e. The third-order valence-corrected chi connectivity index (χ3v) is 5.80. The van der Waals surface area contributed by atoms with Gasteiger partial charge in [0.05, 0.1) is 0 Å². The van der Waals surface area contributed by atoms with Gasteiger partial charge in [0, 0.05) is 36.7 Å². The molecule has 24 heavy (non-hydrogen) atoms. The first-order chi connectivity index (χ1) is 11.6. The highest BCUT2D eigenvalue weighted by atomic mass is 79.9. The lowest BCUT2D eigenvalue weighted by atomic mass is 9.86. The first kappa shape index (κ1) is 17.7. The van der Waals surface area contributed by atoms with E-state index in [1.54, 1.807) is 0 Å². The topological polar surface area (TPSA) is 32.8 Å². The standard InChI is InChI=1S/C19H27BrN2O2/c1-15-3-2-4-17(13-15)21-9-11-22(12-10-21)19(23)14-24-18-7-5-16(20)6-8-18/h5-8,15,17H,2-4,9-14H2,1H3/t15-,17+/m0/s1. The van der Waals surface area contributed by atoms with E-state index in [0.717, 1.165) is 48.4 Å². The first-order valence-corrected chi connectivity index (χ1v) is 9.81. The minimum atomic E-state index is 0.0922. The van der Waals surface area contributed by atoms with Crippen LogP contribution in [0.1, 0.15) is 32.6 Å². The summed E-state index contributed by atoms with van der Waals surface area (Å²) in [6.07, 6.45) is 5.37. The summed E-state index contributed by atoms with van der Waals surface area (Å²) >= 11 is 3.39. The second-order valence-corrected chi connectivity index (χ2v) is 8.00. The molecule has 0 bridgehead atoms. The van der Waals surface area contributed by atoms with Crippen LogP contribution in [0.5, 0.6) is 5.75 Å². The van der Waals surface area contributed by atoms with Crippen LogP contribution in [0.3, 0.4) is 0 Å². The quantitative estimate of drug-likeness (QED) is 0.782. The SMILES string of the molecule is C[C@H]1CCC[C@@H](N2CCN(C(=O)COc3ccc(Br)cc3)CC2)C1. The van der Waals surface area contributed by atoms with Gasteiger partial charge in [0.1, 0.15) is 5.75 Å². The van der Waals surface area contributed by atoms with Crippen LogP contribution in [0.2, 0.25) is 0 Å². The van der Waals surface area contributed by atoms with Crippen molar-refractivity contribution in [3.8, 4) is 5.75 Å². The Morgan fingerprint density at radius 1 is 1.17 bits per heavy atom. The number of halogens is 1. The Hall–Kier alpha value is -1.07. The van der Waals surface area contributed by atoms with Gasteiger partial charge in [-0.2, -0.15) is 0 Å². The lowest BCUT2D eigenvalue weighted by molar-refractivity contribution is -0.135. The molecule has 1 saturated heterocycles. The average molecular weight is 395 g/mol. The molecule has 0 N–H and O–H groups in total. The number of carbonyl (C=O) groups is 1. The molecule has 1 amide bonds. The Kier molecular flexibility index (Phi) is 6.17. The average Bonchev–Trinajstić information content (AvgIpc) is 2.61. The van der Waals surface area contributed by atoms with Gasteiger partial charge in [-0.15, -0.1) is 0 Å². The number of ether oxygens (including phenoxy) is 1. The molecule has 1 aliphatic heterocycles. The predicted molar refractivity (Wildman–Crippen MR) is 99.2 cm³/mol. The molecule has 5 heteroatoms. The van der Waals surface area contributed by atoms with Crippen molar-refractivity contribution < 1.29 is 9.53 Å². The molecule has 0 radical (unpaired) electrons. The fourth-order valence-electron chi connectivity index (χ4n) is 3.84. The van der Waals surface area contributed by atoms with E-state index in [2.05, 4.69) is 27.8 Å². The number of piperazine rings is 1. The minimum Gasteiger partial charge on any atom is -0.484 e. The number of hydrogen-bond donors (Lipinski definition) is 0. The summed E-state index contributed by atoms with van der Waals surface area (Å²) in [5.74, 6) is 1.68. The van der Waals surface area contributed by atoms with Crippen LogP contribution in [0, 0.1) is 5.92 Å². The Bertz CT molecular complexity index is 541. The fourth-order valence-corrected chi connectivity index (χ4v) is 4.10. The van der Waals surface area contributed by atoms with Crippen LogP contribution >= 0.6 is 15.9 Å². The van der Waals surface area contributed by atoms with Gasteiger partial charge in [0.25, 0.3) is 5.91 Å². The Morgan fingerprint density at radius 3 is 2.54 bits per heavy atom. The fraction of sp³-hybridized carbons (Fsp3) is 0.632. The third kappa shape index (κ3) is 4.73. The molecule has 0 spiro atoms. The highest BCUT2D eigenvalue weighted by Gasteiger charge is 2.28. The molecule has 1 aromatic rings. The minimum absolute atomic E-state index is 0.0922. The van der Waals surface area contributed by atoms with E-state index in [4.69, 9.17) is 4.74 Å². The molecule has 2 aliphatic rings. The molecule has 3 rings (SSSR count). The van der Waals surface area contributed by atoms with Gasteiger partial charge >= 0.3 is 0 Å². The summed E-state index contributed by atoms with van der Waals surface area (Å²) in [7, 11) is 0. The molecular formula is C19H27BrN2O2. The van der Waals surface area contributed by atoms with Crippen molar-refractivity contribution in [2.24, 2.45) is 5.92 Å². The molecule has 1 saturated carbocycles. The van der Waals surface area contributed by atoms with Crippen LogP contribution < -0.4 is 4.74 Å². The summed E-state index contributed by atoms with van der Waals surface area (Å²) in [5.41, 5.74) is 0. The molecule has 1 aromatic carbocycles. The van der Waals surface area contributed by atoms with E-state index >= 15 is 0 Å². The first-order valence-electron chi connectivity index (χ1n) is 9.02. The molecule has 2 fully saturated rings. The maximum absolute atomic E-state index is 12.3. The highest BCUT2D eigenvalue weighted by molar-refractivity contribution is 9.10. The van der Waals surface area contributed by atoms with E-state index in [9.17, 15) is 4.79 Å². The number of benzene rings is 1. The molecule has 132 valence electrons. The normalized spacial score (nSPS) is 25.5. The van der Waals surface area contributed by atoms with Gasteiger partial charge in [-0.05, 0) is 43.0 Å². The second kappa shape index (κ2) is 8.34. The molecule has 2 atom stereocenters. The lowest BCUT2D eigenvalue weighted by Crippen LogP contribution is -2.53. The predicted octanol–water partition coefficient (Wildman–Crippen LogP) is 3.55. The Morgan fingerprint density at radius 2 is 1.88 bits per heavy atom. The van der Waals surface area contributed by atoms with E-state index in [1.165, 1.54) is 25.7 Å². The van der Waals surface area contributed by atoms with Crippen molar-refractivity contribution in [3.63, 3.8) is 0 Å². The van der Waals surface area contributed by atoms with E-state index < -0.39 is 0 Å². The lowest BCUT2D eigenvalue weighted by Gasteiger charge is -2.42.